The second-order valence-corrected chi connectivity index (χ2v) is 7.71. The molecule has 2 aliphatic heterocycles. The van der Waals surface area contributed by atoms with Crippen molar-refractivity contribution in [2.45, 2.75) is 38.3 Å². The molecule has 0 bridgehead atoms. The number of hydrogen-bond donors (Lipinski definition) is 2. The summed E-state index contributed by atoms with van der Waals surface area (Å²) in [4.78, 5) is 28.9. The molecule has 0 aromatic heterocycles. The van der Waals surface area contributed by atoms with Gasteiger partial charge < -0.3 is 9.80 Å². The molecule has 1 aromatic rings. The molecule has 2 atom stereocenters. The van der Waals surface area contributed by atoms with E-state index in [0.717, 1.165) is 19.3 Å². The van der Waals surface area contributed by atoms with Crippen molar-refractivity contribution < 1.29 is 9.59 Å². The molecule has 0 saturated carbocycles. The molecular formula is C18H24Cl2N4O2. The lowest BCUT2D eigenvalue weighted by atomic mass is 10.0. The van der Waals surface area contributed by atoms with Crippen LogP contribution in [0.1, 0.15) is 36.5 Å². The van der Waals surface area contributed by atoms with Crippen molar-refractivity contribution in [2.75, 3.05) is 26.2 Å². The minimum absolute atomic E-state index is 0.106. The first kappa shape index (κ1) is 19.4. The lowest BCUT2D eigenvalue weighted by molar-refractivity contribution is -0.134. The Hall–Kier alpha value is -1.34. The third kappa shape index (κ3) is 4.49. The lowest BCUT2D eigenvalue weighted by Gasteiger charge is -2.36. The van der Waals surface area contributed by atoms with E-state index in [-0.39, 0.29) is 17.9 Å². The smallest absolute Gasteiger partial charge is 0.254 e. The van der Waals surface area contributed by atoms with E-state index in [2.05, 4.69) is 17.8 Å². The first-order chi connectivity index (χ1) is 12.5. The number of nitrogens with one attached hydrogen (secondary N) is 2. The summed E-state index contributed by atoms with van der Waals surface area (Å²) in [5.41, 5.74) is 6.79. The van der Waals surface area contributed by atoms with Gasteiger partial charge in [-0.3, -0.25) is 15.0 Å². The van der Waals surface area contributed by atoms with E-state index in [4.69, 9.17) is 23.2 Å². The van der Waals surface area contributed by atoms with Gasteiger partial charge in [-0.15, -0.1) is 0 Å². The molecule has 0 radical (unpaired) electrons. The molecule has 2 N–H and O–H groups in total. The summed E-state index contributed by atoms with van der Waals surface area (Å²) in [6.07, 6.45) is 2.96. The Kier molecular flexibility index (Phi) is 6.40. The zero-order valence-electron chi connectivity index (χ0n) is 14.8. The average Bonchev–Trinajstić information content (AvgIpc) is 3.09. The number of halogens is 2. The zero-order chi connectivity index (χ0) is 18.7. The molecule has 2 fully saturated rings. The molecule has 3 rings (SSSR count). The summed E-state index contributed by atoms with van der Waals surface area (Å²) in [6, 6.07) is 5.01. The Morgan fingerprint density at radius 3 is 2.27 bits per heavy atom. The van der Waals surface area contributed by atoms with E-state index in [9.17, 15) is 9.59 Å². The number of amides is 2. The Morgan fingerprint density at radius 2 is 1.65 bits per heavy atom. The molecule has 0 aliphatic carbocycles. The standard InChI is InChI=1S/C18H24Cl2N4O2/c1-2-3-15-11-16(22-21-15)18(26)24-6-4-23(5-7-24)17(25)12-8-13(19)10-14(20)9-12/h8-10,15-16,21-22H,2-7,11H2,1H3. The van der Waals surface area contributed by atoms with Crippen molar-refractivity contribution in [3.05, 3.63) is 33.8 Å². The van der Waals surface area contributed by atoms with Gasteiger partial charge in [-0.05, 0) is 31.0 Å². The third-order valence-electron chi connectivity index (χ3n) is 4.91. The van der Waals surface area contributed by atoms with Crippen molar-refractivity contribution in [1.29, 1.82) is 0 Å². The van der Waals surface area contributed by atoms with Gasteiger partial charge in [-0.2, -0.15) is 0 Å². The molecule has 1 aromatic carbocycles. The van der Waals surface area contributed by atoms with Crippen molar-refractivity contribution in [2.24, 2.45) is 0 Å². The molecule has 2 saturated heterocycles. The number of hydrazine groups is 1. The monoisotopic (exact) mass is 398 g/mol. The highest BCUT2D eigenvalue weighted by atomic mass is 35.5. The maximum Gasteiger partial charge on any atom is 0.254 e. The van der Waals surface area contributed by atoms with Crippen molar-refractivity contribution in [1.82, 2.24) is 20.7 Å². The predicted molar refractivity (Wildman–Crippen MR) is 102 cm³/mol. The Morgan fingerprint density at radius 1 is 1.04 bits per heavy atom. The van der Waals surface area contributed by atoms with Gasteiger partial charge in [0.2, 0.25) is 5.91 Å². The van der Waals surface area contributed by atoms with Crippen LogP contribution >= 0.6 is 23.2 Å². The van der Waals surface area contributed by atoms with E-state index in [1.54, 1.807) is 23.1 Å². The molecule has 2 unspecified atom stereocenters. The Balaban J connectivity index is 1.54. The van der Waals surface area contributed by atoms with Crippen LogP contribution in [0.5, 0.6) is 0 Å². The average molecular weight is 399 g/mol. The number of benzene rings is 1. The van der Waals surface area contributed by atoms with Crippen LogP contribution in [-0.2, 0) is 4.79 Å². The van der Waals surface area contributed by atoms with Crippen LogP contribution in [0.2, 0.25) is 10.0 Å². The van der Waals surface area contributed by atoms with E-state index < -0.39 is 0 Å². The van der Waals surface area contributed by atoms with Gasteiger partial charge >= 0.3 is 0 Å². The van der Waals surface area contributed by atoms with E-state index >= 15 is 0 Å². The minimum Gasteiger partial charge on any atom is -0.338 e. The van der Waals surface area contributed by atoms with Gasteiger partial charge in [0.1, 0.15) is 6.04 Å². The van der Waals surface area contributed by atoms with Crippen LogP contribution in [0, 0.1) is 0 Å². The number of carbonyl (C=O) groups is 2. The summed E-state index contributed by atoms with van der Waals surface area (Å²) in [5, 5.41) is 0.882. The Labute approximate surface area is 163 Å². The second-order valence-electron chi connectivity index (χ2n) is 6.84. The van der Waals surface area contributed by atoms with Crippen LogP contribution in [-0.4, -0.2) is 59.9 Å². The van der Waals surface area contributed by atoms with E-state index in [0.29, 0.717) is 47.8 Å². The summed E-state index contributed by atoms with van der Waals surface area (Å²) >= 11 is 12.0. The van der Waals surface area contributed by atoms with Crippen LogP contribution in [0.25, 0.3) is 0 Å². The maximum atomic E-state index is 12.7. The van der Waals surface area contributed by atoms with Crippen molar-refractivity contribution >= 4 is 35.0 Å². The normalized spacial score (nSPS) is 23.3. The molecule has 2 amide bonds. The van der Waals surface area contributed by atoms with Crippen LogP contribution in [0.4, 0.5) is 0 Å². The second kappa shape index (κ2) is 8.57. The summed E-state index contributed by atoms with van der Waals surface area (Å²) < 4.78 is 0. The van der Waals surface area contributed by atoms with Crippen LogP contribution < -0.4 is 10.9 Å². The van der Waals surface area contributed by atoms with Crippen molar-refractivity contribution in [3.8, 4) is 0 Å². The molecule has 2 heterocycles. The summed E-state index contributed by atoms with van der Waals surface area (Å²) in [6.45, 7) is 4.23. The molecular weight excluding hydrogens is 375 g/mol. The number of nitrogens with zero attached hydrogens (tertiary/aromatic N) is 2. The van der Waals surface area contributed by atoms with Gasteiger partial charge in [-0.1, -0.05) is 36.5 Å². The molecule has 8 heteroatoms. The Bertz CT molecular complexity index is 657. The van der Waals surface area contributed by atoms with Gasteiger partial charge in [0.05, 0.1) is 0 Å². The molecule has 6 nitrogen and oxygen atoms in total. The van der Waals surface area contributed by atoms with Gasteiger partial charge in [0.25, 0.3) is 5.91 Å². The highest BCUT2D eigenvalue weighted by molar-refractivity contribution is 6.35. The minimum atomic E-state index is -0.180. The highest BCUT2D eigenvalue weighted by Crippen LogP contribution is 2.21. The number of hydrogen-bond acceptors (Lipinski definition) is 4. The first-order valence-electron chi connectivity index (χ1n) is 9.03. The molecule has 0 spiro atoms. The van der Waals surface area contributed by atoms with Crippen LogP contribution in [0.15, 0.2) is 18.2 Å². The lowest BCUT2D eigenvalue weighted by Crippen LogP contribution is -2.54. The quantitative estimate of drug-likeness (QED) is 0.816. The van der Waals surface area contributed by atoms with Gasteiger partial charge in [0.15, 0.2) is 0 Å². The predicted octanol–water partition coefficient (Wildman–Crippen LogP) is 2.31. The largest absolute Gasteiger partial charge is 0.338 e. The maximum absolute atomic E-state index is 12.7. The molecule has 26 heavy (non-hydrogen) atoms. The number of carbonyl (C=O) groups excluding carboxylic acids is 2. The topological polar surface area (TPSA) is 64.7 Å². The van der Waals surface area contributed by atoms with Crippen LogP contribution in [0.3, 0.4) is 0 Å². The van der Waals surface area contributed by atoms with Gasteiger partial charge in [0, 0.05) is 47.8 Å². The summed E-state index contributed by atoms with van der Waals surface area (Å²) in [5.74, 6) is -0.000770. The number of piperazine rings is 1. The van der Waals surface area contributed by atoms with Crippen molar-refractivity contribution in [3.63, 3.8) is 0 Å². The van der Waals surface area contributed by atoms with Gasteiger partial charge in [-0.25, -0.2) is 5.43 Å². The number of rotatable bonds is 4. The van der Waals surface area contributed by atoms with E-state index in [1.807, 2.05) is 4.90 Å². The first-order valence-corrected chi connectivity index (χ1v) is 9.78. The molecule has 142 valence electrons. The molecule has 2 aliphatic rings. The summed E-state index contributed by atoms with van der Waals surface area (Å²) in [7, 11) is 0. The SMILES string of the molecule is CCCC1CC(C(=O)N2CCN(C(=O)c3cc(Cl)cc(Cl)c3)CC2)NN1. The van der Waals surface area contributed by atoms with E-state index in [1.165, 1.54) is 0 Å². The fraction of sp³-hybridized carbons (Fsp3) is 0.556. The zero-order valence-corrected chi connectivity index (χ0v) is 16.3. The fourth-order valence-corrected chi connectivity index (χ4v) is 4.06. The fourth-order valence-electron chi connectivity index (χ4n) is 3.53. The third-order valence-corrected chi connectivity index (χ3v) is 5.34. The highest BCUT2D eigenvalue weighted by Gasteiger charge is 2.33.